The van der Waals surface area contributed by atoms with Crippen LogP contribution in [0.2, 0.25) is 0 Å². The second-order valence-corrected chi connectivity index (χ2v) is 8.81. The zero-order chi connectivity index (χ0) is 20.5. The van der Waals surface area contributed by atoms with Crippen LogP contribution in [0.3, 0.4) is 0 Å². The van der Waals surface area contributed by atoms with Crippen LogP contribution in [0.25, 0.3) is 11.1 Å². The molecule has 6 rings (SSSR count). The van der Waals surface area contributed by atoms with Gasteiger partial charge in [-0.05, 0) is 43.9 Å². The second-order valence-electron chi connectivity index (χ2n) is 8.81. The van der Waals surface area contributed by atoms with Gasteiger partial charge in [0, 0.05) is 24.7 Å². The molecule has 1 saturated heterocycles. The number of anilines is 1. The highest BCUT2D eigenvalue weighted by atomic mass is 16.5. The van der Waals surface area contributed by atoms with Crippen molar-refractivity contribution < 1.29 is 13.9 Å². The van der Waals surface area contributed by atoms with Crippen molar-refractivity contribution in [3.05, 3.63) is 46.7 Å². The first-order valence-corrected chi connectivity index (χ1v) is 10.4. The summed E-state index contributed by atoms with van der Waals surface area (Å²) in [5.74, 6) is 1.15. The Kier molecular flexibility index (Phi) is 3.71. The van der Waals surface area contributed by atoms with Crippen molar-refractivity contribution in [2.75, 3.05) is 11.9 Å². The zero-order valence-electron chi connectivity index (χ0n) is 17.1. The summed E-state index contributed by atoms with van der Waals surface area (Å²) >= 11 is 0. The lowest BCUT2D eigenvalue weighted by Crippen LogP contribution is -2.26. The first-order valence-electron chi connectivity index (χ1n) is 10.4. The van der Waals surface area contributed by atoms with Gasteiger partial charge < -0.3 is 19.4 Å². The molecular formula is C22H23N5O3. The molecule has 154 valence electrons. The molecule has 3 aromatic rings. The number of furan rings is 1. The summed E-state index contributed by atoms with van der Waals surface area (Å²) in [6.45, 7) is 5.78. The Labute approximate surface area is 173 Å². The molecule has 1 aliphatic carbocycles. The van der Waals surface area contributed by atoms with Gasteiger partial charge in [0.2, 0.25) is 5.71 Å². The Hall–Kier alpha value is -3.00. The average molecular weight is 405 g/mol. The third-order valence-electron chi connectivity index (χ3n) is 6.44. The van der Waals surface area contributed by atoms with Gasteiger partial charge in [0.25, 0.3) is 5.91 Å². The molecule has 3 aliphatic rings. The molecule has 30 heavy (non-hydrogen) atoms. The molecule has 2 fully saturated rings. The Morgan fingerprint density at radius 2 is 2.10 bits per heavy atom. The van der Waals surface area contributed by atoms with Gasteiger partial charge in [-0.1, -0.05) is 0 Å². The smallest absolute Gasteiger partial charge is 0.258 e. The molecule has 1 unspecified atom stereocenters. The van der Waals surface area contributed by atoms with Crippen LogP contribution < -0.4 is 5.32 Å². The lowest BCUT2D eigenvalue weighted by atomic mass is 10.0. The minimum atomic E-state index is -0.0792. The van der Waals surface area contributed by atoms with Gasteiger partial charge in [-0.25, -0.2) is 9.97 Å². The molecule has 3 aromatic heterocycles. The van der Waals surface area contributed by atoms with Gasteiger partial charge in [0.1, 0.15) is 17.9 Å². The number of amides is 1. The fraction of sp³-hybridized carbons (Fsp3) is 0.455. The van der Waals surface area contributed by atoms with Crippen molar-refractivity contribution in [3.63, 3.8) is 0 Å². The summed E-state index contributed by atoms with van der Waals surface area (Å²) in [5, 5.41) is 4.14. The fourth-order valence-corrected chi connectivity index (χ4v) is 4.25. The number of fused-ring (bicyclic) bond motifs is 2. The number of pyridine rings is 1. The predicted molar refractivity (Wildman–Crippen MR) is 109 cm³/mol. The van der Waals surface area contributed by atoms with Gasteiger partial charge in [-0.2, -0.15) is 0 Å². The van der Waals surface area contributed by atoms with Crippen molar-refractivity contribution in [2.24, 2.45) is 0 Å². The molecule has 1 N–H and O–H groups in total. The van der Waals surface area contributed by atoms with Crippen LogP contribution in [0, 0.1) is 6.92 Å². The van der Waals surface area contributed by atoms with E-state index in [1.54, 1.807) is 0 Å². The van der Waals surface area contributed by atoms with Crippen molar-refractivity contribution in [3.8, 4) is 0 Å². The first kappa shape index (κ1) is 17.8. The van der Waals surface area contributed by atoms with Crippen molar-refractivity contribution in [1.82, 2.24) is 19.9 Å². The van der Waals surface area contributed by atoms with Crippen LogP contribution in [0.5, 0.6) is 0 Å². The molecule has 0 spiro atoms. The highest BCUT2D eigenvalue weighted by Crippen LogP contribution is 2.41. The lowest BCUT2D eigenvalue weighted by molar-refractivity contribution is -0.0529. The molecular weight excluding hydrogens is 382 g/mol. The zero-order valence-corrected chi connectivity index (χ0v) is 17.1. The van der Waals surface area contributed by atoms with Gasteiger partial charge in [0.05, 0.1) is 35.9 Å². The highest BCUT2D eigenvalue weighted by molar-refractivity contribution is 6.10. The Morgan fingerprint density at radius 3 is 2.83 bits per heavy atom. The van der Waals surface area contributed by atoms with Crippen LogP contribution in [0.15, 0.2) is 23.0 Å². The van der Waals surface area contributed by atoms with Gasteiger partial charge in [-0.15, -0.1) is 0 Å². The van der Waals surface area contributed by atoms with E-state index in [-0.39, 0.29) is 17.6 Å². The van der Waals surface area contributed by atoms with E-state index in [1.807, 2.05) is 18.0 Å². The molecule has 1 saturated carbocycles. The largest absolute Gasteiger partial charge is 0.442 e. The normalized spacial score (nSPS) is 21.4. The third-order valence-corrected chi connectivity index (χ3v) is 6.44. The molecule has 8 nitrogen and oxygen atoms in total. The summed E-state index contributed by atoms with van der Waals surface area (Å²) in [5.41, 5.74) is 4.13. The van der Waals surface area contributed by atoms with Crippen LogP contribution in [-0.2, 0) is 17.8 Å². The number of hydrogen-bond acceptors (Lipinski definition) is 7. The van der Waals surface area contributed by atoms with E-state index in [2.05, 4.69) is 33.3 Å². The maximum Gasteiger partial charge on any atom is 0.258 e. The SMILES string of the molecule is Cc1oc2ncnc(NC3(C)CC3)c2c1C(=O)N1Cc2cc(C3CCO3)cnc2C1. The Bertz CT molecular complexity index is 1180. The molecule has 0 radical (unpaired) electrons. The number of carbonyl (C=O) groups excluding carboxylic acids is 1. The minimum Gasteiger partial charge on any atom is -0.442 e. The monoisotopic (exact) mass is 405 g/mol. The maximum atomic E-state index is 13.6. The van der Waals surface area contributed by atoms with E-state index in [0.29, 0.717) is 41.3 Å². The minimum absolute atomic E-state index is 0.0283. The third kappa shape index (κ3) is 2.78. The molecule has 1 atom stereocenters. The van der Waals surface area contributed by atoms with Crippen molar-refractivity contribution in [2.45, 2.75) is 57.8 Å². The van der Waals surface area contributed by atoms with Crippen LogP contribution in [0.4, 0.5) is 5.82 Å². The van der Waals surface area contributed by atoms with Crippen LogP contribution in [0.1, 0.15) is 65.2 Å². The van der Waals surface area contributed by atoms with Crippen molar-refractivity contribution >= 4 is 22.8 Å². The van der Waals surface area contributed by atoms with Crippen molar-refractivity contribution in [1.29, 1.82) is 0 Å². The second kappa shape index (κ2) is 6.25. The number of nitrogens with one attached hydrogen (secondary N) is 1. The highest BCUT2D eigenvalue weighted by Gasteiger charge is 2.39. The number of hydrogen-bond donors (Lipinski definition) is 1. The number of ether oxygens (including phenoxy) is 1. The molecule has 2 aliphatic heterocycles. The quantitative estimate of drug-likeness (QED) is 0.710. The average Bonchev–Trinajstić information content (AvgIpc) is 3.11. The van der Waals surface area contributed by atoms with Gasteiger partial charge in [0.15, 0.2) is 0 Å². The van der Waals surface area contributed by atoms with E-state index in [4.69, 9.17) is 9.15 Å². The van der Waals surface area contributed by atoms with E-state index in [1.165, 1.54) is 6.33 Å². The predicted octanol–water partition coefficient (Wildman–Crippen LogP) is 3.51. The first-order chi connectivity index (χ1) is 14.5. The molecule has 1 amide bonds. The standard InChI is InChI=1S/C22H23N5O3/c1-12-17(18-19(26-22(2)4-5-22)24-11-25-20(18)30-12)21(28)27-9-14-7-13(16-3-6-29-16)8-23-15(14)10-27/h7-8,11,16H,3-6,9-10H2,1-2H3,(H,24,25,26). The fourth-order valence-electron chi connectivity index (χ4n) is 4.25. The molecule has 5 heterocycles. The lowest BCUT2D eigenvalue weighted by Gasteiger charge is -2.26. The summed E-state index contributed by atoms with van der Waals surface area (Å²) in [7, 11) is 0. The topological polar surface area (TPSA) is 93.4 Å². The number of aromatic nitrogens is 3. The van der Waals surface area contributed by atoms with E-state index in [0.717, 1.165) is 42.7 Å². The summed E-state index contributed by atoms with van der Waals surface area (Å²) < 4.78 is 11.4. The Balaban J connectivity index is 1.33. The summed E-state index contributed by atoms with van der Waals surface area (Å²) in [6.07, 6.45) is 6.69. The molecule has 0 bridgehead atoms. The number of carbonyl (C=O) groups is 1. The number of rotatable bonds is 4. The number of nitrogens with zero attached hydrogens (tertiary/aromatic N) is 4. The molecule has 0 aromatic carbocycles. The molecule has 8 heteroatoms. The maximum absolute atomic E-state index is 13.6. The summed E-state index contributed by atoms with van der Waals surface area (Å²) in [4.78, 5) is 28.7. The van der Waals surface area contributed by atoms with Gasteiger partial charge >= 0.3 is 0 Å². The van der Waals surface area contributed by atoms with Gasteiger partial charge in [-0.3, -0.25) is 9.78 Å². The van der Waals surface area contributed by atoms with Crippen LogP contribution in [-0.4, -0.2) is 37.9 Å². The van der Waals surface area contributed by atoms with E-state index < -0.39 is 0 Å². The Morgan fingerprint density at radius 1 is 1.27 bits per heavy atom. The van der Waals surface area contributed by atoms with Crippen LogP contribution >= 0.6 is 0 Å². The number of aryl methyl sites for hydroxylation is 1. The summed E-state index contributed by atoms with van der Waals surface area (Å²) in [6, 6.07) is 2.13. The van der Waals surface area contributed by atoms with E-state index in [9.17, 15) is 4.79 Å². The van der Waals surface area contributed by atoms with E-state index >= 15 is 0 Å².